The van der Waals surface area contributed by atoms with Crippen LogP contribution in [0.5, 0.6) is 0 Å². The number of fused-ring (bicyclic) bond motifs is 1. The van der Waals surface area contributed by atoms with Gasteiger partial charge in [-0.05, 0) is 55.0 Å². The van der Waals surface area contributed by atoms with Gasteiger partial charge in [0.25, 0.3) is 0 Å². The van der Waals surface area contributed by atoms with Crippen LogP contribution < -0.4 is 10.8 Å². The first kappa shape index (κ1) is 21.8. The fourth-order valence-corrected chi connectivity index (χ4v) is 3.69. The second-order valence-corrected chi connectivity index (χ2v) is 9.21. The van der Waals surface area contributed by atoms with E-state index in [9.17, 15) is 0 Å². The fourth-order valence-electron chi connectivity index (χ4n) is 3.69. The molecule has 0 amide bonds. The van der Waals surface area contributed by atoms with Crippen molar-refractivity contribution < 1.29 is 4.42 Å². The predicted octanol–water partition coefficient (Wildman–Crippen LogP) is 6.29. The minimum absolute atomic E-state index is 0.103. The number of hydrogen-bond acceptors (Lipinski definition) is 5. The van der Waals surface area contributed by atoms with E-state index in [4.69, 9.17) is 4.42 Å². The molecule has 0 saturated heterocycles. The summed E-state index contributed by atoms with van der Waals surface area (Å²) in [5, 5.41) is 6.42. The molecule has 4 rings (SSSR count). The Morgan fingerprint density at radius 3 is 2.22 bits per heavy atom. The number of anilines is 1. The molecule has 0 saturated carbocycles. The molecule has 0 radical (unpaired) electrons. The van der Waals surface area contributed by atoms with Gasteiger partial charge < -0.3 is 4.42 Å². The Labute approximate surface area is 189 Å². The molecule has 2 aromatic carbocycles. The number of hydrogen-bond donors (Lipinski definition) is 1. The lowest BCUT2D eigenvalue weighted by Gasteiger charge is -2.19. The van der Waals surface area contributed by atoms with Crippen molar-refractivity contribution in [1.29, 1.82) is 0 Å². The van der Waals surface area contributed by atoms with E-state index in [-0.39, 0.29) is 5.41 Å². The van der Waals surface area contributed by atoms with Crippen LogP contribution in [-0.4, -0.2) is 9.97 Å². The minimum atomic E-state index is 0.103. The Bertz CT molecular complexity index is 1310. The van der Waals surface area contributed by atoms with E-state index < -0.39 is 0 Å². The van der Waals surface area contributed by atoms with Crippen molar-refractivity contribution in [3.05, 3.63) is 82.5 Å². The van der Waals surface area contributed by atoms with Gasteiger partial charge in [-0.25, -0.2) is 15.4 Å². The highest BCUT2D eigenvalue weighted by molar-refractivity contribution is 5.79. The predicted molar refractivity (Wildman–Crippen MR) is 130 cm³/mol. The molecule has 0 fully saturated rings. The molecule has 0 bridgehead atoms. The molecule has 5 heteroatoms. The molecule has 0 aliphatic carbocycles. The number of rotatable bonds is 4. The average Bonchev–Trinajstić information content (AvgIpc) is 2.75. The summed E-state index contributed by atoms with van der Waals surface area (Å²) >= 11 is 0. The van der Waals surface area contributed by atoms with Crippen LogP contribution in [0.3, 0.4) is 0 Å². The van der Waals surface area contributed by atoms with Crippen molar-refractivity contribution in [3.63, 3.8) is 0 Å². The summed E-state index contributed by atoms with van der Waals surface area (Å²) in [5.74, 6) is 1.25. The molecule has 4 aromatic rings. The third kappa shape index (κ3) is 4.72. The maximum Gasteiger partial charge on any atom is 0.243 e. The quantitative estimate of drug-likeness (QED) is 0.389. The molecule has 164 valence electrons. The van der Waals surface area contributed by atoms with Crippen molar-refractivity contribution >= 4 is 16.9 Å². The van der Waals surface area contributed by atoms with E-state index in [2.05, 4.69) is 84.6 Å². The second kappa shape index (κ2) is 8.58. The van der Waals surface area contributed by atoms with Crippen molar-refractivity contribution in [2.45, 2.75) is 53.4 Å². The molecule has 1 N–H and O–H groups in total. The zero-order valence-corrected chi connectivity index (χ0v) is 19.7. The van der Waals surface area contributed by atoms with Crippen LogP contribution >= 0.6 is 0 Å². The summed E-state index contributed by atoms with van der Waals surface area (Å²) in [6.07, 6.45) is 0.943. The van der Waals surface area contributed by atoms with Gasteiger partial charge in [0.2, 0.25) is 5.95 Å². The molecule has 2 aromatic heterocycles. The van der Waals surface area contributed by atoms with Gasteiger partial charge in [0.15, 0.2) is 0 Å². The molecule has 0 aliphatic rings. The average molecular weight is 427 g/mol. The van der Waals surface area contributed by atoms with Gasteiger partial charge in [0, 0.05) is 28.4 Å². The molecule has 32 heavy (non-hydrogen) atoms. The van der Waals surface area contributed by atoms with Gasteiger partial charge in [-0.15, -0.1) is 0 Å². The fraction of sp³-hybridized carbons (Fsp3) is 0.296. The van der Waals surface area contributed by atoms with Crippen LogP contribution in [0.4, 0.5) is 5.95 Å². The highest BCUT2D eigenvalue weighted by Crippen LogP contribution is 2.27. The highest BCUT2D eigenvalue weighted by atomic mass is 16.3. The summed E-state index contributed by atoms with van der Waals surface area (Å²) in [6.45, 7) is 12.7. The van der Waals surface area contributed by atoms with E-state index in [0.29, 0.717) is 5.95 Å². The van der Waals surface area contributed by atoms with E-state index >= 15 is 0 Å². The van der Waals surface area contributed by atoms with Crippen molar-refractivity contribution in [2.75, 3.05) is 5.43 Å². The Hall–Kier alpha value is -3.47. The lowest BCUT2D eigenvalue weighted by Crippen LogP contribution is -2.11. The molecule has 0 unspecified atom stereocenters. The normalized spacial score (nSPS) is 12.4. The van der Waals surface area contributed by atoms with Crippen LogP contribution in [0, 0.1) is 13.8 Å². The van der Waals surface area contributed by atoms with Crippen LogP contribution in [0.1, 0.15) is 50.2 Å². The molecule has 0 aliphatic heterocycles. The number of nitrogens with one attached hydrogen (secondary N) is 1. The van der Waals surface area contributed by atoms with Crippen LogP contribution in [0.25, 0.3) is 22.3 Å². The van der Waals surface area contributed by atoms with E-state index in [1.807, 2.05) is 32.0 Å². The summed E-state index contributed by atoms with van der Waals surface area (Å²) < 4.78 is 6.28. The molecule has 0 spiro atoms. The Balaban J connectivity index is 1.84. The molecular formula is C27H30N4O. The van der Waals surface area contributed by atoms with Gasteiger partial charge >= 0.3 is 0 Å². The largest absolute Gasteiger partial charge is 0.456 e. The van der Waals surface area contributed by atoms with E-state index in [1.54, 1.807) is 0 Å². The van der Waals surface area contributed by atoms with Crippen molar-refractivity contribution in [2.24, 2.45) is 5.10 Å². The third-order valence-electron chi connectivity index (χ3n) is 5.51. The van der Waals surface area contributed by atoms with Gasteiger partial charge in [-0.3, -0.25) is 0 Å². The van der Waals surface area contributed by atoms with Crippen molar-refractivity contribution in [3.8, 4) is 11.3 Å². The zero-order valence-electron chi connectivity index (χ0n) is 19.7. The number of nitrogens with zero attached hydrogens (tertiary/aromatic N) is 3. The molecular weight excluding hydrogens is 396 g/mol. The molecule has 5 nitrogen and oxygen atoms in total. The minimum Gasteiger partial charge on any atom is -0.456 e. The van der Waals surface area contributed by atoms with Crippen LogP contribution in [-0.2, 0) is 11.8 Å². The Morgan fingerprint density at radius 2 is 1.59 bits per heavy atom. The van der Waals surface area contributed by atoms with Gasteiger partial charge in [-0.1, -0.05) is 58.0 Å². The topological polar surface area (TPSA) is 63.3 Å². The monoisotopic (exact) mass is 426 g/mol. The smallest absolute Gasteiger partial charge is 0.243 e. The standard InChI is InChI=1S/C27H30N4O/c1-7-19-8-13-24-22(15-19)23(30-31-26-28-17(2)14-18(3)29-26)16-25(32-24)20-9-11-21(12-10-20)27(4,5)6/h8-16H,7H2,1-6H3,(H,28,29,31). The number of benzene rings is 2. The highest BCUT2D eigenvalue weighted by Gasteiger charge is 2.14. The van der Waals surface area contributed by atoms with Crippen LogP contribution in [0.15, 0.2) is 64.1 Å². The van der Waals surface area contributed by atoms with E-state index in [1.165, 1.54) is 11.1 Å². The Morgan fingerprint density at radius 1 is 0.906 bits per heavy atom. The molecule has 2 heterocycles. The first-order valence-electron chi connectivity index (χ1n) is 11.0. The van der Waals surface area contributed by atoms with E-state index in [0.717, 1.165) is 45.5 Å². The summed E-state index contributed by atoms with van der Waals surface area (Å²) in [6, 6.07) is 18.7. The van der Waals surface area contributed by atoms with Gasteiger partial charge in [0.1, 0.15) is 11.3 Å². The van der Waals surface area contributed by atoms with Crippen molar-refractivity contribution in [1.82, 2.24) is 9.97 Å². The summed E-state index contributed by atoms with van der Waals surface area (Å²) in [7, 11) is 0. The summed E-state index contributed by atoms with van der Waals surface area (Å²) in [5.41, 5.74) is 9.26. The second-order valence-electron chi connectivity index (χ2n) is 9.21. The number of aromatic nitrogens is 2. The maximum atomic E-state index is 6.28. The maximum absolute atomic E-state index is 6.28. The van der Waals surface area contributed by atoms with Gasteiger partial charge in [0.05, 0.1) is 5.36 Å². The third-order valence-corrected chi connectivity index (χ3v) is 5.51. The first-order chi connectivity index (χ1) is 15.2. The lowest BCUT2D eigenvalue weighted by molar-refractivity contribution is 0.589. The first-order valence-corrected chi connectivity index (χ1v) is 11.0. The summed E-state index contributed by atoms with van der Waals surface area (Å²) in [4.78, 5) is 8.87. The number of aryl methyl sites for hydroxylation is 3. The lowest BCUT2D eigenvalue weighted by atomic mass is 9.86. The SMILES string of the molecule is CCc1ccc2oc(-c3ccc(C(C)(C)C)cc3)cc(=NNc3nc(C)cc(C)n3)c2c1. The Kier molecular flexibility index (Phi) is 5.83. The van der Waals surface area contributed by atoms with Crippen LogP contribution in [0.2, 0.25) is 0 Å². The zero-order chi connectivity index (χ0) is 22.9. The molecule has 0 atom stereocenters. The van der Waals surface area contributed by atoms with Gasteiger partial charge in [-0.2, -0.15) is 5.10 Å².